The summed E-state index contributed by atoms with van der Waals surface area (Å²) in [6.45, 7) is 3.06. The lowest BCUT2D eigenvalue weighted by molar-refractivity contribution is -0.118. The molecule has 3 N–H and O–H groups in total. The van der Waals surface area contributed by atoms with Gasteiger partial charge < -0.3 is 11.1 Å². The largest absolute Gasteiger partial charge is 0.326 e. The molecular formula is C11H14N2O3S. The molecule has 0 saturated carbocycles. The summed E-state index contributed by atoms with van der Waals surface area (Å²) in [6, 6.07) is 4.79. The predicted octanol–water partition coefficient (Wildman–Crippen LogP) is 0.650. The molecule has 0 aliphatic carbocycles. The number of carbonyl (C=O) groups is 1. The van der Waals surface area contributed by atoms with Crippen LogP contribution in [-0.2, 0) is 21.2 Å². The molecule has 0 spiro atoms. The molecule has 0 unspecified atom stereocenters. The first-order valence-corrected chi connectivity index (χ1v) is 6.68. The van der Waals surface area contributed by atoms with E-state index < -0.39 is 20.5 Å². The molecule has 6 heteroatoms. The maximum atomic E-state index is 12.3. The van der Waals surface area contributed by atoms with Crippen LogP contribution in [0.5, 0.6) is 0 Å². The number of hydrogen-bond donors (Lipinski definition) is 2. The highest BCUT2D eigenvalue weighted by molar-refractivity contribution is 7.94. The lowest BCUT2D eigenvalue weighted by Crippen LogP contribution is -2.48. The molecule has 0 bridgehead atoms. The van der Waals surface area contributed by atoms with E-state index in [1.54, 1.807) is 12.1 Å². The average Bonchev–Trinajstić information content (AvgIpc) is 2.27. The second-order valence-electron chi connectivity index (χ2n) is 4.50. The van der Waals surface area contributed by atoms with Crippen molar-refractivity contribution in [1.82, 2.24) is 0 Å². The molecule has 5 nitrogen and oxygen atoms in total. The Morgan fingerprint density at radius 1 is 1.35 bits per heavy atom. The lowest BCUT2D eigenvalue weighted by Gasteiger charge is -2.30. The Morgan fingerprint density at radius 3 is 2.59 bits per heavy atom. The van der Waals surface area contributed by atoms with Gasteiger partial charge in [0.2, 0.25) is 5.91 Å². The molecular weight excluding hydrogens is 240 g/mol. The Hall–Kier alpha value is -1.40. The normalized spacial score (nSPS) is 20.5. The van der Waals surface area contributed by atoms with Gasteiger partial charge in [-0.3, -0.25) is 4.79 Å². The van der Waals surface area contributed by atoms with Gasteiger partial charge in [0.1, 0.15) is 4.75 Å². The van der Waals surface area contributed by atoms with Gasteiger partial charge in [0.25, 0.3) is 0 Å². The smallest absolute Gasteiger partial charge is 0.245 e. The van der Waals surface area contributed by atoms with E-state index in [1.165, 1.54) is 19.9 Å². The van der Waals surface area contributed by atoms with Crippen molar-refractivity contribution in [3.63, 3.8) is 0 Å². The van der Waals surface area contributed by atoms with Crippen LogP contribution in [0, 0.1) is 0 Å². The highest BCUT2D eigenvalue weighted by Crippen LogP contribution is 2.36. The van der Waals surface area contributed by atoms with Crippen molar-refractivity contribution in [2.75, 3.05) is 5.32 Å². The monoisotopic (exact) mass is 254 g/mol. The summed E-state index contributed by atoms with van der Waals surface area (Å²) in [4.78, 5) is 11.9. The van der Waals surface area contributed by atoms with Gasteiger partial charge in [-0.25, -0.2) is 8.42 Å². The molecule has 2 rings (SSSR count). The fourth-order valence-electron chi connectivity index (χ4n) is 1.69. The lowest BCUT2D eigenvalue weighted by atomic mass is 10.1. The van der Waals surface area contributed by atoms with Crippen LogP contribution in [0.4, 0.5) is 5.69 Å². The van der Waals surface area contributed by atoms with E-state index in [4.69, 9.17) is 5.73 Å². The molecule has 1 aromatic rings. The third-order valence-corrected chi connectivity index (χ3v) is 5.48. The molecule has 92 valence electrons. The van der Waals surface area contributed by atoms with E-state index in [1.807, 2.05) is 0 Å². The van der Waals surface area contributed by atoms with Crippen LogP contribution < -0.4 is 11.1 Å². The van der Waals surface area contributed by atoms with Crippen molar-refractivity contribution in [1.29, 1.82) is 0 Å². The summed E-state index contributed by atoms with van der Waals surface area (Å²) in [5.74, 6) is -0.509. The zero-order valence-corrected chi connectivity index (χ0v) is 10.5. The highest BCUT2D eigenvalue weighted by atomic mass is 32.2. The van der Waals surface area contributed by atoms with Crippen LogP contribution in [0.3, 0.4) is 0 Å². The number of nitrogens with two attached hydrogens (primary N) is 1. The van der Waals surface area contributed by atoms with Crippen LogP contribution >= 0.6 is 0 Å². The van der Waals surface area contributed by atoms with E-state index in [0.717, 1.165) is 5.56 Å². The minimum atomic E-state index is -3.67. The summed E-state index contributed by atoms with van der Waals surface area (Å²) in [5, 5.41) is 2.60. The first-order chi connectivity index (χ1) is 7.80. The Morgan fingerprint density at radius 2 is 2.00 bits per heavy atom. The van der Waals surface area contributed by atoms with Gasteiger partial charge in [0.05, 0.1) is 10.6 Å². The number of rotatable bonds is 1. The molecule has 1 amide bonds. The van der Waals surface area contributed by atoms with Gasteiger partial charge in [-0.05, 0) is 31.5 Å². The van der Waals surface area contributed by atoms with E-state index in [9.17, 15) is 13.2 Å². The van der Waals surface area contributed by atoms with Crippen LogP contribution in [-0.4, -0.2) is 19.1 Å². The number of amides is 1. The van der Waals surface area contributed by atoms with Gasteiger partial charge in [-0.1, -0.05) is 6.07 Å². The molecule has 1 aromatic carbocycles. The van der Waals surface area contributed by atoms with Crippen molar-refractivity contribution in [2.24, 2.45) is 5.73 Å². The van der Waals surface area contributed by atoms with Gasteiger partial charge in [-0.2, -0.15) is 0 Å². The topological polar surface area (TPSA) is 89.3 Å². The highest BCUT2D eigenvalue weighted by Gasteiger charge is 2.47. The van der Waals surface area contributed by atoms with Crippen molar-refractivity contribution in [2.45, 2.75) is 30.0 Å². The number of fused-ring (bicyclic) bond motifs is 1. The standard InChI is InChI=1S/C11H14N2O3S/c1-11(2)10(14)13-8-4-3-7(6-12)5-9(8)17(11,15)16/h3-5H,6,12H2,1-2H3,(H,13,14). The summed E-state index contributed by atoms with van der Waals surface area (Å²) in [6.07, 6.45) is 0. The maximum absolute atomic E-state index is 12.3. The fourth-order valence-corrected chi connectivity index (χ4v) is 3.25. The average molecular weight is 254 g/mol. The second-order valence-corrected chi connectivity index (χ2v) is 6.97. The minimum absolute atomic E-state index is 0.144. The summed E-state index contributed by atoms with van der Waals surface area (Å²) < 4.78 is 23.2. The second kappa shape index (κ2) is 3.54. The van der Waals surface area contributed by atoms with Crippen molar-refractivity contribution in [3.8, 4) is 0 Å². The summed E-state index contributed by atoms with van der Waals surface area (Å²) in [7, 11) is -3.67. The molecule has 0 saturated heterocycles. The summed E-state index contributed by atoms with van der Waals surface area (Å²) in [5.41, 5.74) is 6.53. The van der Waals surface area contributed by atoms with Gasteiger partial charge >= 0.3 is 0 Å². The van der Waals surface area contributed by atoms with Crippen LogP contribution in [0.25, 0.3) is 0 Å². The molecule has 0 aromatic heterocycles. The maximum Gasteiger partial charge on any atom is 0.245 e. The Balaban J connectivity index is 2.74. The SMILES string of the molecule is CC1(C)C(=O)Nc2ccc(CN)cc2S1(=O)=O. The number of carbonyl (C=O) groups excluding carboxylic acids is 1. The third-order valence-electron chi connectivity index (χ3n) is 3.04. The van der Waals surface area contributed by atoms with E-state index in [2.05, 4.69) is 5.32 Å². The Bertz CT molecular complexity index is 591. The number of benzene rings is 1. The van der Waals surface area contributed by atoms with Gasteiger partial charge in [0, 0.05) is 6.54 Å². The van der Waals surface area contributed by atoms with Crippen molar-refractivity contribution < 1.29 is 13.2 Å². The molecule has 1 aliphatic heterocycles. The molecule has 1 heterocycles. The van der Waals surface area contributed by atoms with Crippen LogP contribution in [0.15, 0.2) is 23.1 Å². The van der Waals surface area contributed by atoms with E-state index >= 15 is 0 Å². The number of hydrogen-bond acceptors (Lipinski definition) is 4. The first kappa shape index (κ1) is 12.1. The van der Waals surface area contributed by atoms with Gasteiger partial charge in [-0.15, -0.1) is 0 Å². The predicted molar refractivity (Wildman–Crippen MR) is 64.2 cm³/mol. The third kappa shape index (κ3) is 1.56. The summed E-state index contributed by atoms with van der Waals surface area (Å²) >= 11 is 0. The zero-order chi connectivity index (χ0) is 12.8. The minimum Gasteiger partial charge on any atom is -0.326 e. The van der Waals surface area contributed by atoms with Crippen molar-refractivity contribution >= 4 is 21.4 Å². The first-order valence-electron chi connectivity index (χ1n) is 5.20. The number of anilines is 1. The van der Waals surface area contributed by atoms with Crippen LogP contribution in [0.2, 0.25) is 0 Å². The zero-order valence-electron chi connectivity index (χ0n) is 9.65. The number of nitrogens with one attached hydrogen (secondary N) is 1. The Kier molecular flexibility index (Phi) is 2.52. The van der Waals surface area contributed by atoms with Crippen molar-refractivity contribution in [3.05, 3.63) is 23.8 Å². The molecule has 0 atom stereocenters. The number of sulfone groups is 1. The fraction of sp³-hybridized carbons (Fsp3) is 0.364. The molecule has 0 radical (unpaired) electrons. The Labute approximate surface area is 99.9 Å². The van der Waals surface area contributed by atoms with Crippen LogP contribution in [0.1, 0.15) is 19.4 Å². The molecule has 1 aliphatic rings. The quantitative estimate of drug-likeness (QED) is 0.770. The van der Waals surface area contributed by atoms with Gasteiger partial charge in [0.15, 0.2) is 9.84 Å². The molecule has 17 heavy (non-hydrogen) atoms. The van der Waals surface area contributed by atoms with E-state index in [0.29, 0.717) is 5.69 Å². The molecule has 0 fully saturated rings. The van der Waals surface area contributed by atoms with E-state index in [-0.39, 0.29) is 11.4 Å².